The van der Waals surface area contributed by atoms with Crippen LogP contribution in [0.5, 0.6) is 5.75 Å². The first-order valence-electron chi connectivity index (χ1n) is 12.8. The number of esters is 1. The fourth-order valence-corrected chi connectivity index (χ4v) is 4.15. The minimum absolute atomic E-state index is 0.299. The molecule has 6 nitrogen and oxygen atoms in total. The molecule has 6 heteroatoms. The average molecular weight is 481 g/mol. The van der Waals surface area contributed by atoms with Crippen LogP contribution in [0.25, 0.3) is 17.2 Å². The number of rotatable bonds is 12. The van der Waals surface area contributed by atoms with E-state index in [-0.39, 0.29) is 5.97 Å². The number of nitrogens with zero attached hydrogens (tertiary/aromatic N) is 2. The van der Waals surface area contributed by atoms with Gasteiger partial charge in [0, 0.05) is 42.6 Å². The summed E-state index contributed by atoms with van der Waals surface area (Å²) in [4.78, 5) is 19.5. The van der Waals surface area contributed by atoms with Gasteiger partial charge in [0.15, 0.2) is 0 Å². The molecule has 35 heavy (non-hydrogen) atoms. The van der Waals surface area contributed by atoms with Gasteiger partial charge < -0.3 is 19.1 Å². The zero-order valence-electron chi connectivity index (χ0n) is 21.9. The molecule has 1 aliphatic rings. The monoisotopic (exact) mass is 480 g/mol. The first-order valence-corrected chi connectivity index (χ1v) is 12.8. The largest absolute Gasteiger partial charge is 0.491 e. The van der Waals surface area contributed by atoms with Gasteiger partial charge in [-0.05, 0) is 61.9 Å². The SMILES string of the molecule is CCCCOCCOc1ccc(-c2cnc(N3CC(C)C(C)C3)c(/C=C(\C)C(=O)OCC)c2)cc1. The first kappa shape index (κ1) is 26.7. The molecule has 1 aliphatic heterocycles. The number of anilines is 1. The first-order chi connectivity index (χ1) is 16.9. The van der Waals surface area contributed by atoms with Gasteiger partial charge in [0.2, 0.25) is 0 Å². The van der Waals surface area contributed by atoms with Gasteiger partial charge >= 0.3 is 5.97 Å². The van der Waals surface area contributed by atoms with Crippen LogP contribution in [-0.2, 0) is 14.3 Å². The molecule has 1 saturated heterocycles. The van der Waals surface area contributed by atoms with Crippen LogP contribution in [0.15, 0.2) is 42.1 Å². The second kappa shape index (κ2) is 13.3. The molecule has 0 saturated carbocycles. The molecule has 0 bridgehead atoms. The zero-order chi connectivity index (χ0) is 25.2. The van der Waals surface area contributed by atoms with Crippen LogP contribution in [0.3, 0.4) is 0 Å². The fraction of sp³-hybridized carbons (Fsp3) is 0.517. The van der Waals surface area contributed by atoms with E-state index in [1.54, 1.807) is 6.92 Å². The van der Waals surface area contributed by atoms with Crippen molar-refractivity contribution in [2.24, 2.45) is 11.8 Å². The van der Waals surface area contributed by atoms with E-state index >= 15 is 0 Å². The van der Waals surface area contributed by atoms with Gasteiger partial charge in [-0.2, -0.15) is 0 Å². The molecule has 1 aromatic carbocycles. The molecular formula is C29H40N2O4. The number of hydrogen-bond donors (Lipinski definition) is 0. The minimum atomic E-state index is -0.299. The van der Waals surface area contributed by atoms with Crippen molar-refractivity contribution in [1.29, 1.82) is 0 Å². The number of hydrogen-bond acceptors (Lipinski definition) is 6. The van der Waals surface area contributed by atoms with Crippen molar-refractivity contribution in [3.63, 3.8) is 0 Å². The summed E-state index contributed by atoms with van der Waals surface area (Å²) in [5, 5.41) is 0. The molecule has 3 rings (SSSR count). The molecular weight excluding hydrogens is 440 g/mol. The number of pyridine rings is 1. The van der Waals surface area contributed by atoms with E-state index in [1.165, 1.54) is 0 Å². The molecule has 1 fully saturated rings. The highest BCUT2D eigenvalue weighted by Gasteiger charge is 2.28. The Morgan fingerprint density at radius 1 is 1.06 bits per heavy atom. The van der Waals surface area contributed by atoms with E-state index in [0.29, 0.717) is 37.2 Å². The summed E-state index contributed by atoms with van der Waals surface area (Å²) >= 11 is 0. The molecule has 0 aliphatic carbocycles. The number of benzene rings is 1. The van der Waals surface area contributed by atoms with Crippen molar-refractivity contribution in [2.75, 3.05) is 44.4 Å². The van der Waals surface area contributed by atoms with Crippen molar-refractivity contribution < 1.29 is 19.0 Å². The van der Waals surface area contributed by atoms with E-state index in [0.717, 1.165) is 60.8 Å². The van der Waals surface area contributed by atoms with Crippen LogP contribution in [0, 0.1) is 11.8 Å². The standard InChI is InChI=1S/C29H40N2O4/c1-6-8-13-33-14-15-35-27-11-9-24(10-12-27)26-17-25(16-21(3)29(32)34-7-2)28(30-18-26)31-19-22(4)23(5)20-31/h9-12,16-18,22-23H,6-8,13-15,19-20H2,1-5H3/b21-16+. The lowest BCUT2D eigenvalue weighted by Crippen LogP contribution is -2.22. The van der Waals surface area contributed by atoms with Crippen molar-refractivity contribution in [1.82, 2.24) is 4.98 Å². The van der Waals surface area contributed by atoms with E-state index in [2.05, 4.69) is 31.7 Å². The Morgan fingerprint density at radius 3 is 2.43 bits per heavy atom. The number of carbonyl (C=O) groups is 1. The number of unbranched alkanes of at least 4 members (excludes halogenated alkanes) is 1. The van der Waals surface area contributed by atoms with Crippen molar-refractivity contribution in [3.05, 3.63) is 47.7 Å². The summed E-state index contributed by atoms with van der Waals surface area (Å²) in [5.41, 5.74) is 3.53. The maximum Gasteiger partial charge on any atom is 0.333 e. The maximum absolute atomic E-state index is 12.3. The summed E-state index contributed by atoms with van der Waals surface area (Å²) in [6.45, 7) is 14.5. The third-order valence-electron chi connectivity index (χ3n) is 6.48. The van der Waals surface area contributed by atoms with Crippen molar-refractivity contribution >= 4 is 17.9 Å². The molecule has 2 atom stereocenters. The zero-order valence-corrected chi connectivity index (χ0v) is 21.9. The molecule has 0 spiro atoms. The summed E-state index contributed by atoms with van der Waals surface area (Å²) in [6.07, 6.45) is 6.02. The molecule has 2 unspecified atom stereocenters. The van der Waals surface area contributed by atoms with Gasteiger partial charge in [-0.1, -0.05) is 39.3 Å². The second-order valence-electron chi connectivity index (χ2n) is 9.38. The quantitative estimate of drug-likeness (QED) is 0.211. The number of carbonyl (C=O) groups excluding carboxylic acids is 1. The van der Waals surface area contributed by atoms with Crippen molar-refractivity contribution in [3.8, 4) is 16.9 Å². The molecule has 2 aromatic rings. The Labute approximate surface area is 210 Å². The normalized spacial score (nSPS) is 18.1. The lowest BCUT2D eigenvalue weighted by Gasteiger charge is -2.20. The summed E-state index contributed by atoms with van der Waals surface area (Å²) in [5.74, 6) is 2.63. The third kappa shape index (κ3) is 7.56. The van der Waals surface area contributed by atoms with Gasteiger partial charge in [0.05, 0.1) is 13.2 Å². The van der Waals surface area contributed by atoms with E-state index < -0.39 is 0 Å². The average Bonchev–Trinajstić information content (AvgIpc) is 3.19. The molecule has 0 amide bonds. The third-order valence-corrected chi connectivity index (χ3v) is 6.48. The Kier molecular flexibility index (Phi) is 10.2. The fourth-order valence-electron chi connectivity index (χ4n) is 4.15. The molecule has 0 N–H and O–H groups in total. The van der Waals surface area contributed by atoms with Crippen LogP contribution >= 0.6 is 0 Å². The van der Waals surface area contributed by atoms with Crippen LogP contribution in [-0.4, -0.2) is 50.5 Å². The topological polar surface area (TPSA) is 60.9 Å². The summed E-state index contributed by atoms with van der Waals surface area (Å²) < 4.78 is 16.6. The number of ether oxygens (including phenoxy) is 3. The van der Waals surface area contributed by atoms with E-state index in [9.17, 15) is 4.79 Å². The molecule has 2 heterocycles. The Balaban J connectivity index is 1.78. The Bertz CT molecular complexity index is 977. The Morgan fingerprint density at radius 2 is 1.77 bits per heavy atom. The van der Waals surface area contributed by atoms with E-state index in [1.807, 2.05) is 43.5 Å². The van der Waals surface area contributed by atoms with Crippen molar-refractivity contribution in [2.45, 2.75) is 47.5 Å². The second-order valence-corrected chi connectivity index (χ2v) is 9.38. The smallest absolute Gasteiger partial charge is 0.333 e. The van der Waals surface area contributed by atoms with Crippen LogP contribution in [0.2, 0.25) is 0 Å². The van der Waals surface area contributed by atoms with Crippen LogP contribution in [0.1, 0.15) is 53.0 Å². The molecule has 0 radical (unpaired) electrons. The van der Waals surface area contributed by atoms with Gasteiger partial charge in [-0.15, -0.1) is 0 Å². The van der Waals surface area contributed by atoms with Gasteiger partial charge in [-0.25, -0.2) is 9.78 Å². The van der Waals surface area contributed by atoms with Gasteiger partial charge in [-0.3, -0.25) is 0 Å². The highest BCUT2D eigenvalue weighted by atomic mass is 16.5. The molecule has 1 aromatic heterocycles. The predicted molar refractivity (Wildman–Crippen MR) is 142 cm³/mol. The molecule has 190 valence electrons. The van der Waals surface area contributed by atoms with Gasteiger partial charge in [0.1, 0.15) is 18.2 Å². The summed E-state index contributed by atoms with van der Waals surface area (Å²) in [6, 6.07) is 10.1. The van der Waals surface area contributed by atoms with Crippen LogP contribution in [0.4, 0.5) is 5.82 Å². The predicted octanol–water partition coefficient (Wildman–Crippen LogP) is 6.00. The Hall–Kier alpha value is -2.86. The van der Waals surface area contributed by atoms with Crippen LogP contribution < -0.4 is 9.64 Å². The minimum Gasteiger partial charge on any atom is -0.491 e. The highest BCUT2D eigenvalue weighted by molar-refractivity contribution is 5.94. The number of aromatic nitrogens is 1. The van der Waals surface area contributed by atoms with E-state index in [4.69, 9.17) is 19.2 Å². The van der Waals surface area contributed by atoms with Gasteiger partial charge in [0.25, 0.3) is 0 Å². The highest BCUT2D eigenvalue weighted by Crippen LogP contribution is 2.32. The maximum atomic E-state index is 12.3. The summed E-state index contributed by atoms with van der Waals surface area (Å²) in [7, 11) is 0. The lowest BCUT2D eigenvalue weighted by atomic mass is 10.0. The lowest BCUT2D eigenvalue weighted by molar-refractivity contribution is -0.138.